The SMILES string of the molecule is CCCN(CCO)C(=O)/C=C/c1cccc(C#N)c1. The Bertz CT molecular complexity index is 483. The molecule has 0 aliphatic carbocycles. The first-order chi connectivity index (χ1) is 9.21. The minimum atomic E-state index is -0.127. The lowest BCUT2D eigenvalue weighted by Gasteiger charge is -2.18. The number of aliphatic hydroxyl groups excluding tert-OH is 1. The van der Waals surface area contributed by atoms with Gasteiger partial charge in [-0.2, -0.15) is 5.26 Å². The van der Waals surface area contributed by atoms with Crippen LogP contribution in [0, 0.1) is 11.3 Å². The van der Waals surface area contributed by atoms with E-state index in [9.17, 15) is 4.79 Å². The van der Waals surface area contributed by atoms with Crippen LogP contribution in [-0.2, 0) is 4.79 Å². The number of nitriles is 1. The lowest BCUT2D eigenvalue weighted by atomic mass is 10.1. The Morgan fingerprint density at radius 2 is 2.26 bits per heavy atom. The van der Waals surface area contributed by atoms with Gasteiger partial charge >= 0.3 is 0 Å². The molecule has 0 aliphatic rings. The molecule has 4 nitrogen and oxygen atoms in total. The van der Waals surface area contributed by atoms with E-state index in [4.69, 9.17) is 10.4 Å². The molecule has 1 N–H and O–H groups in total. The maximum atomic E-state index is 11.9. The van der Waals surface area contributed by atoms with Crippen LogP contribution in [0.3, 0.4) is 0 Å². The van der Waals surface area contributed by atoms with Gasteiger partial charge in [-0.15, -0.1) is 0 Å². The molecule has 19 heavy (non-hydrogen) atoms. The Morgan fingerprint density at radius 3 is 2.89 bits per heavy atom. The third-order valence-electron chi connectivity index (χ3n) is 2.61. The first kappa shape index (κ1) is 14.9. The molecule has 0 saturated heterocycles. The molecule has 1 amide bonds. The number of carbonyl (C=O) groups excluding carboxylic acids is 1. The van der Waals surface area contributed by atoms with E-state index in [1.807, 2.05) is 13.0 Å². The standard InChI is InChI=1S/C15H18N2O2/c1-2-8-17(9-10-18)15(19)7-6-13-4-3-5-14(11-13)12-16/h3-7,11,18H,2,8-10H2,1H3/b7-6+. The number of benzene rings is 1. The van der Waals surface area contributed by atoms with Crippen molar-refractivity contribution < 1.29 is 9.90 Å². The maximum absolute atomic E-state index is 11.9. The van der Waals surface area contributed by atoms with Crippen LogP contribution in [0.5, 0.6) is 0 Å². The molecule has 0 aliphatic heterocycles. The van der Waals surface area contributed by atoms with E-state index in [0.29, 0.717) is 18.7 Å². The highest BCUT2D eigenvalue weighted by molar-refractivity contribution is 5.91. The molecule has 0 spiro atoms. The molecule has 100 valence electrons. The van der Waals surface area contributed by atoms with Crippen LogP contribution < -0.4 is 0 Å². The first-order valence-electron chi connectivity index (χ1n) is 6.29. The van der Waals surface area contributed by atoms with Crippen molar-refractivity contribution in [2.45, 2.75) is 13.3 Å². The number of hydrogen-bond donors (Lipinski definition) is 1. The van der Waals surface area contributed by atoms with Crippen LogP contribution in [0.25, 0.3) is 6.08 Å². The van der Waals surface area contributed by atoms with Crippen molar-refractivity contribution in [3.63, 3.8) is 0 Å². The summed E-state index contributed by atoms with van der Waals surface area (Å²) in [6.45, 7) is 2.92. The summed E-state index contributed by atoms with van der Waals surface area (Å²) in [6, 6.07) is 9.11. The van der Waals surface area contributed by atoms with Crippen LogP contribution in [0.15, 0.2) is 30.3 Å². The fourth-order valence-corrected chi connectivity index (χ4v) is 1.71. The Labute approximate surface area is 113 Å². The van der Waals surface area contributed by atoms with Gasteiger partial charge in [-0.1, -0.05) is 19.1 Å². The van der Waals surface area contributed by atoms with E-state index < -0.39 is 0 Å². The molecule has 0 aromatic heterocycles. The van der Waals surface area contributed by atoms with Crippen molar-refractivity contribution in [1.82, 2.24) is 4.90 Å². The highest BCUT2D eigenvalue weighted by Crippen LogP contribution is 2.06. The lowest BCUT2D eigenvalue weighted by Crippen LogP contribution is -2.32. The van der Waals surface area contributed by atoms with Crippen LogP contribution in [0.2, 0.25) is 0 Å². The molecule has 0 unspecified atom stereocenters. The van der Waals surface area contributed by atoms with Gasteiger partial charge in [0.1, 0.15) is 0 Å². The third kappa shape index (κ3) is 4.94. The maximum Gasteiger partial charge on any atom is 0.246 e. The molecule has 4 heteroatoms. The van der Waals surface area contributed by atoms with Gasteiger partial charge in [0, 0.05) is 19.2 Å². The minimum Gasteiger partial charge on any atom is -0.395 e. The molecular weight excluding hydrogens is 240 g/mol. The van der Waals surface area contributed by atoms with E-state index in [0.717, 1.165) is 12.0 Å². The van der Waals surface area contributed by atoms with Crippen molar-refractivity contribution >= 4 is 12.0 Å². The van der Waals surface area contributed by atoms with Crippen LogP contribution in [-0.4, -0.2) is 35.6 Å². The molecule has 0 saturated carbocycles. The third-order valence-corrected chi connectivity index (χ3v) is 2.61. The van der Waals surface area contributed by atoms with E-state index in [1.54, 1.807) is 29.2 Å². The number of nitrogens with zero attached hydrogens (tertiary/aromatic N) is 2. The molecule has 1 rings (SSSR count). The Hall–Kier alpha value is -2.12. The quantitative estimate of drug-likeness (QED) is 0.791. The van der Waals surface area contributed by atoms with E-state index in [1.165, 1.54) is 6.08 Å². The summed E-state index contributed by atoms with van der Waals surface area (Å²) < 4.78 is 0. The second kappa shape index (κ2) is 8.06. The number of aliphatic hydroxyl groups is 1. The summed E-state index contributed by atoms with van der Waals surface area (Å²) in [5.74, 6) is -0.127. The van der Waals surface area contributed by atoms with E-state index in [2.05, 4.69) is 6.07 Å². The second-order valence-electron chi connectivity index (χ2n) is 4.12. The molecule has 0 atom stereocenters. The van der Waals surface area contributed by atoms with Crippen LogP contribution in [0.4, 0.5) is 0 Å². The first-order valence-corrected chi connectivity index (χ1v) is 6.29. The molecule has 0 bridgehead atoms. The average Bonchev–Trinajstić information content (AvgIpc) is 2.44. The van der Waals surface area contributed by atoms with Gasteiger partial charge in [0.25, 0.3) is 0 Å². The second-order valence-corrected chi connectivity index (χ2v) is 4.12. The largest absolute Gasteiger partial charge is 0.395 e. The zero-order valence-corrected chi connectivity index (χ0v) is 11.0. The number of rotatable bonds is 6. The fourth-order valence-electron chi connectivity index (χ4n) is 1.71. The molecular formula is C15H18N2O2. The number of amides is 1. The van der Waals surface area contributed by atoms with Crippen molar-refractivity contribution in [3.8, 4) is 6.07 Å². The van der Waals surface area contributed by atoms with Crippen LogP contribution >= 0.6 is 0 Å². The van der Waals surface area contributed by atoms with Gasteiger partial charge in [-0.05, 0) is 30.2 Å². The van der Waals surface area contributed by atoms with Crippen LogP contribution in [0.1, 0.15) is 24.5 Å². The zero-order chi connectivity index (χ0) is 14.1. The molecule has 1 aromatic rings. The monoisotopic (exact) mass is 258 g/mol. The van der Waals surface area contributed by atoms with E-state index in [-0.39, 0.29) is 12.5 Å². The predicted octanol–water partition coefficient (Wildman–Crippen LogP) is 1.80. The molecule has 0 radical (unpaired) electrons. The topological polar surface area (TPSA) is 64.3 Å². The molecule has 0 fully saturated rings. The summed E-state index contributed by atoms with van der Waals surface area (Å²) in [5, 5.41) is 17.7. The van der Waals surface area contributed by atoms with Gasteiger partial charge < -0.3 is 10.0 Å². The minimum absolute atomic E-state index is 0.0382. The van der Waals surface area contributed by atoms with Gasteiger partial charge in [0.2, 0.25) is 5.91 Å². The highest BCUT2D eigenvalue weighted by atomic mass is 16.3. The van der Waals surface area contributed by atoms with Gasteiger partial charge in [-0.25, -0.2) is 0 Å². The average molecular weight is 258 g/mol. The molecule has 0 heterocycles. The summed E-state index contributed by atoms with van der Waals surface area (Å²) in [6.07, 6.45) is 4.01. The Kier molecular flexibility index (Phi) is 6.34. The highest BCUT2D eigenvalue weighted by Gasteiger charge is 2.08. The number of hydrogen-bond acceptors (Lipinski definition) is 3. The van der Waals surface area contributed by atoms with Crippen molar-refractivity contribution in [2.24, 2.45) is 0 Å². The lowest BCUT2D eigenvalue weighted by molar-refractivity contribution is -0.126. The summed E-state index contributed by atoms with van der Waals surface area (Å²) in [5.41, 5.74) is 1.38. The Balaban J connectivity index is 2.73. The normalized spacial score (nSPS) is 10.4. The van der Waals surface area contributed by atoms with Crippen molar-refractivity contribution in [3.05, 3.63) is 41.5 Å². The smallest absolute Gasteiger partial charge is 0.246 e. The Morgan fingerprint density at radius 1 is 1.47 bits per heavy atom. The predicted molar refractivity (Wildman–Crippen MR) is 74.1 cm³/mol. The van der Waals surface area contributed by atoms with Gasteiger partial charge in [0.15, 0.2) is 0 Å². The van der Waals surface area contributed by atoms with E-state index >= 15 is 0 Å². The molecule has 1 aromatic carbocycles. The van der Waals surface area contributed by atoms with Gasteiger partial charge in [0.05, 0.1) is 18.2 Å². The zero-order valence-electron chi connectivity index (χ0n) is 11.0. The number of carbonyl (C=O) groups is 1. The van der Waals surface area contributed by atoms with Gasteiger partial charge in [-0.3, -0.25) is 4.79 Å². The summed E-state index contributed by atoms with van der Waals surface area (Å²) >= 11 is 0. The summed E-state index contributed by atoms with van der Waals surface area (Å²) in [4.78, 5) is 13.5. The fraction of sp³-hybridized carbons (Fsp3) is 0.333. The van der Waals surface area contributed by atoms with Crippen molar-refractivity contribution in [2.75, 3.05) is 19.7 Å². The summed E-state index contributed by atoms with van der Waals surface area (Å²) in [7, 11) is 0. The van der Waals surface area contributed by atoms with Crippen molar-refractivity contribution in [1.29, 1.82) is 5.26 Å².